The molecule has 1 aliphatic heterocycles. The number of rotatable bonds is 2. The van der Waals surface area contributed by atoms with Crippen LogP contribution < -0.4 is 16.4 Å². The van der Waals surface area contributed by atoms with E-state index in [9.17, 15) is 4.79 Å². The highest BCUT2D eigenvalue weighted by Gasteiger charge is 2.30. The Morgan fingerprint density at radius 1 is 1.50 bits per heavy atom. The third-order valence-electron chi connectivity index (χ3n) is 3.08. The summed E-state index contributed by atoms with van der Waals surface area (Å²) in [6, 6.07) is 5.65. The molecule has 0 radical (unpaired) electrons. The van der Waals surface area contributed by atoms with Gasteiger partial charge in [0.2, 0.25) is 5.91 Å². The third-order valence-corrected chi connectivity index (χ3v) is 3.08. The van der Waals surface area contributed by atoms with Gasteiger partial charge in [0.25, 0.3) is 0 Å². The fraction of sp³-hybridized carbons (Fsp3) is 0.417. The highest BCUT2D eigenvalue weighted by Crippen LogP contribution is 2.30. The Bertz CT molecular complexity index is 417. The second-order valence-corrected chi connectivity index (χ2v) is 4.32. The lowest BCUT2D eigenvalue weighted by atomic mass is 10.1. The molecule has 1 aromatic rings. The SMILES string of the molecule is Cc1ccc(N)c(N2CCCC2C(N)=O)c1. The van der Waals surface area contributed by atoms with Crippen molar-refractivity contribution < 1.29 is 4.79 Å². The van der Waals surface area contributed by atoms with Crippen LogP contribution in [0.2, 0.25) is 0 Å². The van der Waals surface area contributed by atoms with Gasteiger partial charge < -0.3 is 16.4 Å². The molecule has 1 fully saturated rings. The number of nitrogens with zero attached hydrogens (tertiary/aromatic N) is 1. The average Bonchev–Trinajstić information content (AvgIpc) is 2.70. The van der Waals surface area contributed by atoms with E-state index < -0.39 is 0 Å². The molecule has 1 saturated heterocycles. The summed E-state index contributed by atoms with van der Waals surface area (Å²) in [4.78, 5) is 13.3. The van der Waals surface area contributed by atoms with Crippen molar-refractivity contribution in [1.29, 1.82) is 0 Å². The number of benzene rings is 1. The molecule has 1 heterocycles. The number of hydrogen-bond donors (Lipinski definition) is 2. The molecule has 0 bridgehead atoms. The van der Waals surface area contributed by atoms with Crippen LogP contribution >= 0.6 is 0 Å². The van der Waals surface area contributed by atoms with Crippen molar-refractivity contribution in [2.75, 3.05) is 17.2 Å². The highest BCUT2D eigenvalue weighted by molar-refractivity contribution is 5.86. The quantitative estimate of drug-likeness (QED) is 0.730. The van der Waals surface area contributed by atoms with E-state index in [0.29, 0.717) is 5.69 Å². The Hall–Kier alpha value is -1.71. The molecule has 4 N–H and O–H groups in total. The van der Waals surface area contributed by atoms with E-state index in [-0.39, 0.29) is 11.9 Å². The van der Waals surface area contributed by atoms with Crippen molar-refractivity contribution >= 4 is 17.3 Å². The maximum Gasteiger partial charge on any atom is 0.240 e. The molecule has 1 amide bonds. The van der Waals surface area contributed by atoms with E-state index in [1.165, 1.54) is 0 Å². The standard InChI is InChI=1S/C12H17N3O/c1-8-4-5-9(13)11(7-8)15-6-2-3-10(15)12(14)16/h4-5,7,10H,2-3,6,13H2,1H3,(H2,14,16). The Balaban J connectivity index is 2.35. The highest BCUT2D eigenvalue weighted by atomic mass is 16.1. The van der Waals surface area contributed by atoms with Crippen LogP contribution in [-0.2, 0) is 4.79 Å². The van der Waals surface area contributed by atoms with Gasteiger partial charge in [0.1, 0.15) is 6.04 Å². The molecule has 0 aromatic heterocycles. The summed E-state index contributed by atoms with van der Waals surface area (Å²) >= 11 is 0. The van der Waals surface area contributed by atoms with Gasteiger partial charge >= 0.3 is 0 Å². The molecule has 1 aliphatic rings. The molecule has 1 aromatic carbocycles. The van der Waals surface area contributed by atoms with Gasteiger partial charge in [-0.05, 0) is 37.5 Å². The van der Waals surface area contributed by atoms with Crippen molar-refractivity contribution in [3.05, 3.63) is 23.8 Å². The summed E-state index contributed by atoms with van der Waals surface area (Å²) < 4.78 is 0. The summed E-state index contributed by atoms with van der Waals surface area (Å²) in [6.45, 7) is 2.86. The normalized spacial score (nSPS) is 20.1. The lowest BCUT2D eigenvalue weighted by molar-refractivity contribution is -0.119. The largest absolute Gasteiger partial charge is 0.397 e. The molecule has 4 heteroatoms. The molecule has 0 spiro atoms. The number of nitrogens with two attached hydrogens (primary N) is 2. The number of carbonyl (C=O) groups is 1. The lowest BCUT2D eigenvalue weighted by Gasteiger charge is -2.26. The van der Waals surface area contributed by atoms with Crippen molar-refractivity contribution in [1.82, 2.24) is 0 Å². The fourth-order valence-corrected chi connectivity index (χ4v) is 2.25. The van der Waals surface area contributed by atoms with Crippen LogP contribution in [0.4, 0.5) is 11.4 Å². The van der Waals surface area contributed by atoms with E-state index in [2.05, 4.69) is 0 Å². The third kappa shape index (κ3) is 1.83. The van der Waals surface area contributed by atoms with Gasteiger partial charge in [-0.1, -0.05) is 6.07 Å². The first-order valence-electron chi connectivity index (χ1n) is 5.51. The van der Waals surface area contributed by atoms with Crippen LogP contribution in [0.25, 0.3) is 0 Å². The maximum atomic E-state index is 11.3. The number of carbonyl (C=O) groups excluding carboxylic acids is 1. The minimum atomic E-state index is -0.265. The molecule has 16 heavy (non-hydrogen) atoms. The molecule has 86 valence electrons. The minimum Gasteiger partial charge on any atom is -0.397 e. The summed E-state index contributed by atoms with van der Waals surface area (Å²) in [5.41, 5.74) is 14.1. The van der Waals surface area contributed by atoms with E-state index in [1.54, 1.807) is 0 Å². The van der Waals surface area contributed by atoms with Crippen molar-refractivity contribution in [2.45, 2.75) is 25.8 Å². The fourth-order valence-electron chi connectivity index (χ4n) is 2.25. The number of primary amides is 1. The van der Waals surface area contributed by atoms with Crippen molar-refractivity contribution in [3.8, 4) is 0 Å². The van der Waals surface area contributed by atoms with Gasteiger partial charge in [0.05, 0.1) is 11.4 Å². The zero-order valence-corrected chi connectivity index (χ0v) is 9.44. The molecular formula is C12H17N3O. The Kier molecular flexibility index (Phi) is 2.73. The van der Waals surface area contributed by atoms with Crippen molar-refractivity contribution in [3.63, 3.8) is 0 Å². The van der Waals surface area contributed by atoms with E-state index in [4.69, 9.17) is 11.5 Å². The zero-order valence-electron chi connectivity index (χ0n) is 9.44. The second kappa shape index (κ2) is 4.04. The Morgan fingerprint density at radius 3 is 2.94 bits per heavy atom. The first-order chi connectivity index (χ1) is 7.59. The molecule has 2 rings (SSSR count). The topological polar surface area (TPSA) is 72.3 Å². The number of hydrogen-bond acceptors (Lipinski definition) is 3. The molecule has 1 atom stereocenters. The van der Waals surface area contributed by atoms with Gasteiger partial charge in [-0.15, -0.1) is 0 Å². The minimum absolute atomic E-state index is 0.205. The molecular weight excluding hydrogens is 202 g/mol. The second-order valence-electron chi connectivity index (χ2n) is 4.32. The summed E-state index contributed by atoms with van der Waals surface area (Å²) in [7, 11) is 0. The zero-order chi connectivity index (χ0) is 11.7. The summed E-state index contributed by atoms with van der Waals surface area (Å²) in [6.07, 6.45) is 1.81. The smallest absolute Gasteiger partial charge is 0.240 e. The van der Waals surface area contributed by atoms with Crippen LogP contribution in [0.3, 0.4) is 0 Å². The van der Waals surface area contributed by atoms with Crippen molar-refractivity contribution in [2.24, 2.45) is 5.73 Å². The van der Waals surface area contributed by atoms with Gasteiger partial charge in [-0.3, -0.25) is 4.79 Å². The number of anilines is 2. The average molecular weight is 219 g/mol. The molecule has 4 nitrogen and oxygen atoms in total. The van der Waals surface area contributed by atoms with Crippen LogP contribution in [-0.4, -0.2) is 18.5 Å². The Morgan fingerprint density at radius 2 is 2.25 bits per heavy atom. The number of aryl methyl sites for hydroxylation is 1. The molecule has 1 unspecified atom stereocenters. The monoisotopic (exact) mass is 219 g/mol. The number of amides is 1. The summed E-state index contributed by atoms with van der Waals surface area (Å²) in [5, 5.41) is 0. The van der Waals surface area contributed by atoms with E-state index in [0.717, 1.165) is 30.6 Å². The van der Waals surface area contributed by atoms with Gasteiger partial charge in [-0.25, -0.2) is 0 Å². The molecule has 0 aliphatic carbocycles. The van der Waals surface area contributed by atoms with Crippen LogP contribution in [0.15, 0.2) is 18.2 Å². The first kappa shape index (κ1) is 10.8. The van der Waals surface area contributed by atoms with Gasteiger partial charge in [0.15, 0.2) is 0 Å². The van der Waals surface area contributed by atoms with Gasteiger partial charge in [0, 0.05) is 6.54 Å². The van der Waals surface area contributed by atoms with Gasteiger partial charge in [-0.2, -0.15) is 0 Å². The maximum absolute atomic E-state index is 11.3. The predicted octanol–water partition coefficient (Wildman–Crippen LogP) is 1.03. The van der Waals surface area contributed by atoms with Crippen LogP contribution in [0, 0.1) is 6.92 Å². The predicted molar refractivity (Wildman–Crippen MR) is 65.2 cm³/mol. The Labute approximate surface area is 95.2 Å². The van der Waals surface area contributed by atoms with Crippen LogP contribution in [0.1, 0.15) is 18.4 Å². The summed E-state index contributed by atoms with van der Waals surface area (Å²) in [5.74, 6) is -0.265. The molecule has 0 saturated carbocycles. The first-order valence-corrected chi connectivity index (χ1v) is 5.51. The van der Waals surface area contributed by atoms with E-state index in [1.807, 2.05) is 30.0 Å². The van der Waals surface area contributed by atoms with Crippen LogP contribution in [0.5, 0.6) is 0 Å². The lowest BCUT2D eigenvalue weighted by Crippen LogP contribution is -2.40. The number of nitrogen functional groups attached to an aromatic ring is 1. The van der Waals surface area contributed by atoms with E-state index >= 15 is 0 Å².